The third kappa shape index (κ3) is 4.81. The van der Waals surface area contributed by atoms with E-state index >= 15 is 0 Å². The summed E-state index contributed by atoms with van der Waals surface area (Å²) >= 11 is 0. The van der Waals surface area contributed by atoms with Gasteiger partial charge in [-0.1, -0.05) is 34.6 Å². The van der Waals surface area contributed by atoms with Gasteiger partial charge in [0.25, 0.3) is 0 Å². The van der Waals surface area contributed by atoms with E-state index in [0.717, 1.165) is 0 Å². The van der Waals surface area contributed by atoms with Crippen molar-refractivity contribution in [2.45, 2.75) is 41.0 Å². The first-order valence-electron chi connectivity index (χ1n) is 5.05. The predicted octanol–water partition coefficient (Wildman–Crippen LogP) is 1.65. The topological polar surface area (TPSA) is 66.4 Å². The highest BCUT2D eigenvalue weighted by Gasteiger charge is 2.32. The minimum atomic E-state index is -1.10. The summed E-state index contributed by atoms with van der Waals surface area (Å²) in [5.41, 5.74) is -0.00926. The Morgan fingerprint density at radius 2 is 1.60 bits per heavy atom. The maximum atomic E-state index is 11.1. The molecule has 0 saturated heterocycles. The quantitative estimate of drug-likeness (QED) is 0.701. The van der Waals surface area contributed by atoms with Gasteiger partial charge in [-0.2, -0.15) is 0 Å². The van der Waals surface area contributed by atoms with Crippen molar-refractivity contribution in [1.82, 2.24) is 5.32 Å². The molecule has 0 radical (unpaired) electrons. The third-order valence-electron chi connectivity index (χ3n) is 3.07. The van der Waals surface area contributed by atoms with Gasteiger partial charge < -0.3 is 10.4 Å². The number of carboxylic acid groups (broad SMARTS) is 1. The molecular formula is C11H21NO3. The summed E-state index contributed by atoms with van der Waals surface area (Å²) in [4.78, 5) is 21.4. The van der Waals surface area contributed by atoms with Crippen molar-refractivity contribution in [2.24, 2.45) is 10.8 Å². The molecular weight excluding hydrogens is 194 g/mol. The molecule has 0 unspecified atom stereocenters. The largest absolute Gasteiger partial charge is 0.481 e. The summed E-state index contributed by atoms with van der Waals surface area (Å²) in [6, 6.07) is 0. The normalized spacial score (nSPS) is 12.3. The molecule has 0 aliphatic heterocycles. The zero-order valence-corrected chi connectivity index (χ0v) is 10.2. The molecule has 0 aromatic carbocycles. The summed E-state index contributed by atoms with van der Waals surface area (Å²) in [6.07, 6.45) is -0.458. The maximum Gasteiger partial charge on any atom is 0.312 e. The fourth-order valence-electron chi connectivity index (χ4n) is 0.785. The molecule has 1 amide bonds. The lowest BCUT2D eigenvalue weighted by molar-refractivity contribution is -0.140. The lowest BCUT2D eigenvalue weighted by Crippen LogP contribution is -2.42. The van der Waals surface area contributed by atoms with E-state index in [9.17, 15) is 9.59 Å². The molecule has 0 aliphatic carbocycles. The van der Waals surface area contributed by atoms with E-state index < -0.39 is 18.3 Å². The molecule has 0 aliphatic rings. The summed E-state index contributed by atoms with van der Waals surface area (Å²) in [5.74, 6) is -1.53. The number of carbonyl (C=O) groups is 2. The molecule has 0 atom stereocenters. The van der Waals surface area contributed by atoms with Crippen LogP contribution >= 0.6 is 0 Å². The number of carbonyl (C=O) groups excluding carboxylic acids is 1. The first-order chi connectivity index (χ1) is 6.56. The van der Waals surface area contributed by atoms with Crippen molar-refractivity contribution >= 4 is 11.9 Å². The number of nitrogens with one attached hydrogen (secondary N) is 1. The van der Waals surface area contributed by atoms with Gasteiger partial charge in [0.05, 0.1) is 0 Å². The molecule has 0 aromatic heterocycles. The van der Waals surface area contributed by atoms with E-state index in [-0.39, 0.29) is 10.8 Å². The van der Waals surface area contributed by atoms with E-state index in [1.165, 1.54) is 0 Å². The molecule has 2 N–H and O–H groups in total. The van der Waals surface area contributed by atoms with Crippen LogP contribution in [-0.2, 0) is 9.59 Å². The van der Waals surface area contributed by atoms with Crippen molar-refractivity contribution < 1.29 is 14.7 Å². The van der Waals surface area contributed by atoms with Crippen LogP contribution in [0.15, 0.2) is 0 Å². The van der Waals surface area contributed by atoms with E-state index in [1.807, 2.05) is 13.8 Å². The Morgan fingerprint density at radius 3 is 1.93 bits per heavy atom. The minimum Gasteiger partial charge on any atom is -0.481 e. The van der Waals surface area contributed by atoms with Crippen LogP contribution in [0, 0.1) is 10.8 Å². The number of aliphatic carboxylic acids is 1. The second-order valence-corrected chi connectivity index (χ2v) is 5.48. The molecule has 4 nitrogen and oxygen atoms in total. The minimum absolute atomic E-state index is 0.0590. The highest BCUT2D eigenvalue weighted by molar-refractivity contribution is 5.93. The van der Waals surface area contributed by atoms with E-state index in [4.69, 9.17) is 5.11 Å². The summed E-state index contributed by atoms with van der Waals surface area (Å²) in [5, 5.41) is 11.1. The fourth-order valence-corrected chi connectivity index (χ4v) is 0.785. The third-order valence-corrected chi connectivity index (χ3v) is 3.07. The monoisotopic (exact) mass is 215 g/mol. The van der Waals surface area contributed by atoms with Gasteiger partial charge in [0.15, 0.2) is 0 Å². The van der Waals surface area contributed by atoms with Crippen LogP contribution in [-0.4, -0.2) is 23.5 Å². The van der Waals surface area contributed by atoms with Gasteiger partial charge in [0, 0.05) is 6.54 Å². The van der Waals surface area contributed by atoms with Gasteiger partial charge in [-0.25, -0.2) is 0 Å². The van der Waals surface area contributed by atoms with Crippen LogP contribution in [0.5, 0.6) is 0 Å². The Hall–Kier alpha value is -1.06. The van der Waals surface area contributed by atoms with Crippen LogP contribution in [0.1, 0.15) is 41.0 Å². The SMILES string of the molecule is CC(C)(C)C(C)(C)CNC(=O)CC(=O)O. The summed E-state index contributed by atoms with van der Waals surface area (Å²) in [7, 11) is 0. The Balaban J connectivity index is 4.16. The van der Waals surface area contributed by atoms with Gasteiger partial charge in [-0.15, -0.1) is 0 Å². The summed E-state index contributed by atoms with van der Waals surface area (Å²) < 4.78 is 0. The molecule has 0 fully saturated rings. The molecule has 0 rings (SSSR count). The first-order valence-corrected chi connectivity index (χ1v) is 5.05. The molecule has 0 bridgehead atoms. The van der Waals surface area contributed by atoms with Gasteiger partial charge in [-0.05, 0) is 10.8 Å². The standard InChI is InChI=1S/C11H21NO3/c1-10(2,3)11(4,5)7-12-8(13)6-9(14)15/h6-7H2,1-5H3,(H,12,13)(H,14,15). The first kappa shape index (κ1) is 13.9. The number of carboxylic acids is 1. The number of hydrogen-bond donors (Lipinski definition) is 2. The Labute approximate surface area is 91.1 Å². The highest BCUT2D eigenvalue weighted by atomic mass is 16.4. The molecule has 0 spiro atoms. The van der Waals surface area contributed by atoms with Crippen LogP contribution < -0.4 is 5.32 Å². The maximum absolute atomic E-state index is 11.1. The van der Waals surface area contributed by atoms with Crippen LogP contribution in [0.2, 0.25) is 0 Å². The van der Waals surface area contributed by atoms with Gasteiger partial charge in [0.1, 0.15) is 6.42 Å². The zero-order valence-electron chi connectivity index (χ0n) is 10.2. The molecule has 88 valence electrons. The van der Waals surface area contributed by atoms with E-state index in [1.54, 1.807) is 0 Å². The Bertz CT molecular complexity index is 251. The Morgan fingerprint density at radius 1 is 1.13 bits per heavy atom. The number of rotatable bonds is 4. The van der Waals surface area contributed by atoms with Crippen molar-refractivity contribution in [1.29, 1.82) is 0 Å². The highest BCUT2D eigenvalue weighted by Crippen LogP contribution is 2.36. The van der Waals surface area contributed by atoms with Gasteiger partial charge in [-0.3, -0.25) is 9.59 Å². The van der Waals surface area contributed by atoms with Crippen molar-refractivity contribution in [2.75, 3.05) is 6.54 Å². The number of hydrogen-bond acceptors (Lipinski definition) is 2. The number of amides is 1. The van der Waals surface area contributed by atoms with Crippen molar-refractivity contribution in [3.05, 3.63) is 0 Å². The lowest BCUT2D eigenvalue weighted by Gasteiger charge is -2.38. The van der Waals surface area contributed by atoms with Crippen molar-refractivity contribution in [3.8, 4) is 0 Å². The summed E-state index contributed by atoms with van der Waals surface area (Å²) in [6.45, 7) is 10.9. The van der Waals surface area contributed by atoms with E-state index in [0.29, 0.717) is 6.54 Å². The predicted molar refractivity (Wildman–Crippen MR) is 58.5 cm³/mol. The molecule has 4 heteroatoms. The second kappa shape index (κ2) is 4.64. The van der Waals surface area contributed by atoms with E-state index in [2.05, 4.69) is 26.1 Å². The van der Waals surface area contributed by atoms with Gasteiger partial charge >= 0.3 is 5.97 Å². The Kier molecular flexibility index (Phi) is 4.31. The zero-order chi connectivity index (χ0) is 12.3. The van der Waals surface area contributed by atoms with Crippen LogP contribution in [0.4, 0.5) is 0 Å². The lowest BCUT2D eigenvalue weighted by atomic mass is 9.69. The van der Waals surface area contributed by atoms with Crippen LogP contribution in [0.25, 0.3) is 0 Å². The fraction of sp³-hybridized carbons (Fsp3) is 0.818. The van der Waals surface area contributed by atoms with Crippen molar-refractivity contribution in [3.63, 3.8) is 0 Å². The average molecular weight is 215 g/mol. The second-order valence-electron chi connectivity index (χ2n) is 5.48. The molecule has 0 aromatic rings. The molecule has 0 saturated carbocycles. The van der Waals surface area contributed by atoms with Crippen LogP contribution in [0.3, 0.4) is 0 Å². The average Bonchev–Trinajstić information content (AvgIpc) is 1.97. The molecule has 15 heavy (non-hydrogen) atoms. The smallest absolute Gasteiger partial charge is 0.312 e. The molecule has 0 heterocycles. The van der Waals surface area contributed by atoms with Gasteiger partial charge in [0.2, 0.25) is 5.91 Å².